The first-order valence-corrected chi connectivity index (χ1v) is 18.8. The Hall–Kier alpha value is -0.200. The van der Waals surface area contributed by atoms with E-state index in [1.807, 2.05) is 0 Å². The van der Waals surface area contributed by atoms with Crippen molar-refractivity contribution in [3.05, 3.63) is 0 Å². The number of hydrogen-bond acceptors (Lipinski definition) is 5. The minimum absolute atomic E-state index is 0.310. The lowest BCUT2D eigenvalue weighted by molar-refractivity contribution is 0.0285. The number of ether oxygens (including phenoxy) is 5. The molecule has 0 spiro atoms. The molecule has 46 heavy (non-hydrogen) atoms. The van der Waals surface area contributed by atoms with Gasteiger partial charge >= 0.3 is 0 Å². The maximum absolute atomic E-state index is 5.42. The minimum Gasteiger partial charge on any atom is -0.379 e. The van der Waals surface area contributed by atoms with E-state index in [0.717, 1.165) is 51.3 Å². The molecule has 0 aromatic rings. The fraction of sp³-hybridized carbons (Fsp3) is 1.00. The monoisotopic (exact) mass is 665 g/mol. The van der Waals surface area contributed by atoms with Gasteiger partial charge in [0.05, 0.1) is 37.1 Å². The van der Waals surface area contributed by atoms with Gasteiger partial charge in [-0.1, -0.05) is 83.1 Å². The summed E-state index contributed by atoms with van der Waals surface area (Å²) in [5, 5.41) is 0. The number of hydrogen-bond donors (Lipinski definition) is 0. The first-order valence-electron chi connectivity index (χ1n) is 18.8. The highest BCUT2D eigenvalue weighted by Gasteiger charge is 2.10. The third-order valence-electron chi connectivity index (χ3n) is 5.44. The van der Waals surface area contributed by atoms with Gasteiger partial charge in [0, 0.05) is 26.4 Å². The molecule has 0 saturated heterocycles. The minimum atomic E-state index is 0.310. The SMILES string of the molecule is CC(C)CCCOC(C)C.CC(C)CCOC(C)C.CC(C)COC(C)C.CC(C)OCC(C)(C)C.CC(C)OCCC(C)(C)C. The Morgan fingerprint density at radius 1 is 0.370 bits per heavy atom. The van der Waals surface area contributed by atoms with Crippen LogP contribution in [0.2, 0.25) is 0 Å². The number of rotatable bonds is 17. The predicted octanol–water partition coefficient (Wildman–Crippen LogP) is 12.7. The molecular formula is C41H92O5. The highest BCUT2D eigenvalue weighted by Crippen LogP contribution is 2.18. The molecule has 0 atom stereocenters. The lowest BCUT2D eigenvalue weighted by atomic mass is 9.93. The van der Waals surface area contributed by atoms with Gasteiger partial charge in [-0.3, -0.25) is 0 Å². The zero-order chi connectivity index (χ0) is 37.5. The standard InChI is InChI=1S/2C9H20O.2C8H18O.C7H16O/c1-8(2)10-7-6-9(3,4)5;1-8(2)6-5-7-10-9(3)4;1-7(2)9-6-8(3,4)5;1-7(2)5-6-9-8(3)4;1-6(2)5-8-7(3)4/h8H,6-7H2,1-5H3;8-9H,5-7H2,1-4H3;7H,6H2,1-5H3;7-8H,5-6H2,1-4H3;6-7H,5H2,1-4H3. The van der Waals surface area contributed by atoms with Crippen molar-refractivity contribution in [2.24, 2.45) is 28.6 Å². The smallest absolute Gasteiger partial charge is 0.0519 e. The maximum atomic E-state index is 5.42. The third kappa shape index (κ3) is 84.6. The summed E-state index contributed by atoms with van der Waals surface area (Å²) in [6.45, 7) is 51.6. The van der Waals surface area contributed by atoms with Crippen molar-refractivity contribution in [1.29, 1.82) is 0 Å². The van der Waals surface area contributed by atoms with Crippen LogP contribution in [0.4, 0.5) is 0 Å². The van der Waals surface area contributed by atoms with Gasteiger partial charge in [0.25, 0.3) is 0 Å². The lowest BCUT2D eigenvalue weighted by Crippen LogP contribution is -2.17. The van der Waals surface area contributed by atoms with E-state index in [-0.39, 0.29) is 0 Å². The van der Waals surface area contributed by atoms with Crippen molar-refractivity contribution in [2.75, 3.05) is 33.0 Å². The van der Waals surface area contributed by atoms with Gasteiger partial charge in [-0.15, -0.1) is 0 Å². The summed E-state index contributed by atoms with van der Waals surface area (Å²) in [5.74, 6) is 2.25. The van der Waals surface area contributed by atoms with E-state index >= 15 is 0 Å². The van der Waals surface area contributed by atoms with Crippen LogP contribution in [0, 0.1) is 28.6 Å². The molecule has 0 rings (SSSR count). The first kappa shape index (κ1) is 55.2. The second-order valence-electron chi connectivity index (χ2n) is 17.5. The molecular weight excluding hydrogens is 572 g/mol. The van der Waals surface area contributed by atoms with Gasteiger partial charge in [-0.25, -0.2) is 0 Å². The molecule has 0 aromatic heterocycles. The van der Waals surface area contributed by atoms with Crippen molar-refractivity contribution < 1.29 is 23.7 Å². The Kier molecular flexibility index (Phi) is 41.6. The van der Waals surface area contributed by atoms with E-state index in [4.69, 9.17) is 23.7 Å². The lowest BCUT2D eigenvalue weighted by Gasteiger charge is -2.19. The molecule has 0 aliphatic rings. The zero-order valence-corrected chi connectivity index (χ0v) is 36.0. The topological polar surface area (TPSA) is 46.2 Å². The van der Waals surface area contributed by atoms with E-state index in [9.17, 15) is 0 Å². The highest BCUT2D eigenvalue weighted by atomic mass is 16.5. The van der Waals surface area contributed by atoms with Crippen LogP contribution in [0.5, 0.6) is 0 Å². The van der Waals surface area contributed by atoms with Gasteiger partial charge in [0.1, 0.15) is 0 Å². The molecule has 0 aliphatic carbocycles. The summed E-state index contributed by atoms with van der Waals surface area (Å²) in [5.41, 5.74) is 0.721. The van der Waals surface area contributed by atoms with Crippen LogP contribution in [-0.2, 0) is 23.7 Å². The average molecular weight is 665 g/mol. The molecule has 0 bridgehead atoms. The molecule has 286 valence electrons. The quantitative estimate of drug-likeness (QED) is 0.145. The van der Waals surface area contributed by atoms with Crippen LogP contribution < -0.4 is 0 Å². The van der Waals surface area contributed by atoms with Crippen molar-refractivity contribution in [2.45, 2.75) is 209 Å². The second-order valence-corrected chi connectivity index (χ2v) is 17.5. The van der Waals surface area contributed by atoms with E-state index in [2.05, 4.69) is 152 Å². The van der Waals surface area contributed by atoms with Crippen LogP contribution in [0.15, 0.2) is 0 Å². The summed E-state index contributed by atoms with van der Waals surface area (Å²) in [7, 11) is 0. The summed E-state index contributed by atoms with van der Waals surface area (Å²) >= 11 is 0. The largest absolute Gasteiger partial charge is 0.379 e. The van der Waals surface area contributed by atoms with Crippen LogP contribution in [0.25, 0.3) is 0 Å². The summed E-state index contributed by atoms with van der Waals surface area (Å²) < 4.78 is 26.9. The average Bonchev–Trinajstić information content (AvgIpc) is 2.84. The molecule has 0 saturated carbocycles. The Morgan fingerprint density at radius 3 is 1.00 bits per heavy atom. The predicted molar refractivity (Wildman–Crippen MR) is 207 cm³/mol. The van der Waals surface area contributed by atoms with Crippen LogP contribution in [0.3, 0.4) is 0 Å². The molecule has 0 radical (unpaired) electrons. The molecule has 0 fully saturated rings. The highest BCUT2D eigenvalue weighted by molar-refractivity contribution is 4.60. The van der Waals surface area contributed by atoms with E-state index in [1.165, 1.54) is 19.3 Å². The van der Waals surface area contributed by atoms with Gasteiger partial charge < -0.3 is 23.7 Å². The van der Waals surface area contributed by atoms with E-state index in [0.29, 0.717) is 47.3 Å². The van der Waals surface area contributed by atoms with Crippen molar-refractivity contribution in [1.82, 2.24) is 0 Å². The van der Waals surface area contributed by atoms with Crippen molar-refractivity contribution in [3.8, 4) is 0 Å². The molecule has 0 N–H and O–H groups in total. The van der Waals surface area contributed by atoms with Crippen LogP contribution in [0.1, 0.15) is 178 Å². The van der Waals surface area contributed by atoms with E-state index < -0.39 is 0 Å². The van der Waals surface area contributed by atoms with Crippen molar-refractivity contribution >= 4 is 0 Å². The molecule has 0 heterocycles. The first-order chi connectivity index (χ1) is 20.7. The Labute approximate surface area is 293 Å². The van der Waals surface area contributed by atoms with Gasteiger partial charge in [-0.05, 0) is 124 Å². The Bertz CT molecular complexity index is 526. The van der Waals surface area contributed by atoms with Gasteiger partial charge in [0.15, 0.2) is 0 Å². The normalized spacial score (nSPS) is 11.9. The second kappa shape index (κ2) is 34.7. The summed E-state index contributed by atoms with van der Waals surface area (Å²) in [4.78, 5) is 0. The fourth-order valence-corrected chi connectivity index (χ4v) is 2.75. The molecule has 5 nitrogen and oxygen atoms in total. The van der Waals surface area contributed by atoms with Gasteiger partial charge in [-0.2, -0.15) is 0 Å². The van der Waals surface area contributed by atoms with Crippen LogP contribution in [-0.4, -0.2) is 63.6 Å². The molecule has 0 aliphatic heterocycles. The molecule has 0 amide bonds. The summed E-state index contributed by atoms with van der Waals surface area (Å²) in [6.07, 6.45) is 6.73. The zero-order valence-electron chi connectivity index (χ0n) is 36.0. The fourth-order valence-electron chi connectivity index (χ4n) is 2.75. The van der Waals surface area contributed by atoms with Crippen LogP contribution >= 0.6 is 0 Å². The van der Waals surface area contributed by atoms with Gasteiger partial charge in [0.2, 0.25) is 0 Å². The van der Waals surface area contributed by atoms with Crippen molar-refractivity contribution in [3.63, 3.8) is 0 Å². The molecule has 0 unspecified atom stereocenters. The molecule has 5 heteroatoms. The third-order valence-corrected chi connectivity index (χ3v) is 5.44. The Morgan fingerprint density at radius 2 is 0.739 bits per heavy atom. The van der Waals surface area contributed by atoms with E-state index in [1.54, 1.807) is 0 Å². The Balaban J connectivity index is -0.000000153. The molecule has 0 aromatic carbocycles. The summed E-state index contributed by atoms with van der Waals surface area (Å²) in [6, 6.07) is 0. The maximum Gasteiger partial charge on any atom is 0.0519 e.